The maximum Gasteiger partial charge on any atom is 0.124 e. The summed E-state index contributed by atoms with van der Waals surface area (Å²) in [5.74, 6) is 0.165. The lowest BCUT2D eigenvalue weighted by molar-refractivity contribution is 0.479. The first kappa shape index (κ1) is 13.7. The van der Waals surface area contributed by atoms with Crippen molar-refractivity contribution in [2.75, 3.05) is 6.54 Å². The average molecular weight is 288 g/mol. The maximum absolute atomic E-state index is 13.0. The minimum atomic E-state index is -0.197. The smallest absolute Gasteiger partial charge is 0.124 e. The van der Waals surface area contributed by atoms with E-state index in [0.717, 1.165) is 23.0 Å². The molecule has 0 saturated heterocycles. The van der Waals surface area contributed by atoms with Crippen molar-refractivity contribution in [3.8, 4) is 0 Å². The SMILES string of the molecule is CCCNC(C)C(C)c1ccc(F)cc1Br. The first-order valence-electron chi connectivity index (χ1n) is 5.74. The molecule has 0 spiro atoms. The molecule has 0 aliphatic rings. The second kappa shape index (κ2) is 6.36. The molecule has 0 heterocycles. The van der Waals surface area contributed by atoms with Crippen LogP contribution in [0.4, 0.5) is 4.39 Å². The summed E-state index contributed by atoms with van der Waals surface area (Å²) in [7, 11) is 0. The molecule has 3 heteroatoms. The van der Waals surface area contributed by atoms with Crippen molar-refractivity contribution in [1.82, 2.24) is 5.32 Å². The predicted octanol–water partition coefficient (Wildman–Crippen LogP) is 4.08. The molecule has 2 unspecified atom stereocenters. The second-order valence-electron chi connectivity index (χ2n) is 4.20. The van der Waals surface area contributed by atoms with Gasteiger partial charge in [0.05, 0.1) is 0 Å². The fourth-order valence-electron chi connectivity index (χ4n) is 1.69. The Balaban J connectivity index is 2.75. The lowest BCUT2D eigenvalue weighted by Crippen LogP contribution is -2.31. The van der Waals surface area contributed by atoms with Gasteiger partial charge in [0, 0.05) is 10.5 Å². The second-order valence-corrected chi connectivity index (χ2v) is 5.05. The van der Waals surface area contributed by atoms with E-state index in [1.807, 2.05) is 6.07 Å². The third-order valence-corrected chi connectivity index (χ3v) is 3.61. The Morgan fingerprint density at radius 2 is 2.06 bits per heavy atom. The van der Waals surface area contributed by atoms with Crippen LogP contribution >= 0.6 is 15.9 Å². The number of halogens is 2. The van der Waals surface area contributed by atoms with Gasteiger partial charge < -0.3 is 5.32 Å². The summed E-state index contributed by atoms with van der Waals surface area (Å²) in [4.78, 5) is 0. The Kier molecular flexibility index (Phi) is 5.42. The molecule has 0 fully saturated rings. The third kappa shape index (κ3) is 3.56. The number of rotatable bonds is 5. The van der Waals surface area contributed by atoms with Crippen LogP contribution in [0, 0.1) is 5.82 Å². The van der Waals surface area contributed by atoms with Crippen LogP contribution in [0.25, 0.3) is 0 Å². The lowest BCUT2D eigenvalue weighted by Gasteiger charge is -2.22. The minimum Gasteiger partial charge on any atom is -0.314 e. The van der Waals surface area contributed by atoms with Crippen LogP contribution in [-0.2, 0) is 0 Å². The zero-order valence-electron chi connectivity index (χ0n) is 10.1. The van der Waals surface area contributed by atoms with E-state index in [1.165, 1.54) is 12.1 Å². The molecule has 0 saturated carbocycles. The summed E-state index contributed by atoms with van der Waals surface area (Å²) in [5, 5.41) is 3.46. The van der Waals surface area contributed by atoms with E-state index in [-0.39, 0.29) is 5.82 Å². The van der Waals surface area contributed by atoms with E-state index in [4.69, 9.17) is 0 Å². The Labute approximate surface area is 106 Å². The van der Waals surface area contributed by atoms with Crippen molar-refractivity contribution < 1.29 is 4.39 Å². The van der Waals surface area contributed by atoms with Crippen LogP contribution in [0.1, 0.15) is 38.7 Å². The molecular formula is C13H19BrFN. The van der Waals surface area contributed by atoms with E-state index in [1.54, 1.807) is 0 Å². The van der Waals surface area contributed by atoms with E-state index >= 15 is 0 Å². The average Bonchev–Trinajstić information content (AvgIpc) is 2.25. The molecule has 90 valence electrons. The summed E-state index contributed by atoms with van der Waals surface area (Å²) in [6.07, 6.45) is 1.13. The molecule has 0 radical (unpaired) electrons. The summed E-state index contributed by atoms with van der Waals surface area (Å²) >= 11 is 3.42. The Bertz CT molecular complexity index is 341. The topological polar surface area (TPSA) is 12.0 Å². The Hall–Kier alpha value is -0.410. The van der Waals surface area contributed by atoms with E-state index in [2.05, 4.69) is 42.0 Å². The van der Waals surface area contributed by atoms with E-state index in [0.29, 0.717) is 12.0 Å². The van der Waals surface area contributed by atoms with Gasteiger partial charge >= 0.3 is 0 Å². The zero-order valence-corrected chi connectivity index (χ0v) is 11.6. The molecule has 1 rings (SSSR count). The van der Waals surface area contributed by atoms with E-state index < -0.39 is 0 Å². The molecule has 0 bridgehead atoms. The molecule has 0 aliphatic heterocycles. The molecule has 16 heavy (non-hydrogen) atoms. The van der Waals surface area contributed by atoms with Gasteiger partial charge in [0.1, 0.15) is 5.82 Å². The normalized spacial score (nSPS) is 14.8. The first-order valence-corrected chi connectivity index (χ1v) is 6.54. The lowest BCUT2D eigenvalue weighted by atomic mass is 9.94. The minimum absolute atomic E-state index is 0.197. The van der Waals surface area contributed by atoms with Crippen molar-refractivity contribution in [3.05, 3.63) is 34.1 Å². The standard InChI is InChI=1S/C13H19BrFN/c1-4-7-16-10(3)9(2)12-6-5-11(15)8-13(12)14/h5-6,8-10,16H,4,7H2,1-3H3. The molecule has 0 amide bonds. The van der Waals surface area contributed by atoms with Gasteiger partial charge in [0.25, 0.3) is 0 Å². The molecule has 1 N–H and O–H groups in total. The first-order chi connectivity index (χ1) is 7.56. The number of hydrogen-bond acceptors (Lipinski definition) is 1. The van der Waals surface area contributed by atoms with Gasteiger partial charge in [0.2, 0.25) is 0 Å². The molecule has 2 atom stereocenters. The van der Waals surface area contributed by atoms with Crippen LogP contribution in [0.2, 0.25) is 0 Å². The highest BCUT2D eigenvalue weighted by atomic mass is 79.9. The largest absolute Gasteiger partial charge is 0.314 e. The van der Waals surface area contributed by atoms with Gasteiger partial charge in [0.15, 0.2) is 0 Å². The monoisotopic (exact) mass is 287 g/mol. The van der Waals surface area contributed by atoms with Crippen molar-refractivity contribution >= 4 is 15.9 Å². The maximum atomic E-state index is 13.0. The summed E-state index contributed by atoms with van der Waals surface area (Å²) in [5.41, 5.74) is 1.15. The fraction of sp³-hybridized carbons (Fsp3) is 0.538. The number of benzene rings is 1. The molecule has 1 aromatic rings. The highest BCUT2D eigenvalue weighted by Gasteiger charge is 2.16. The van der Waals surface area contributed by atoms with Crippen molar-refractivity contribution in [3.63, 3.8) is 0 Å². The quantitative estimate of drug-likeness (QED) is 0.861. The van der Waals surface area contributed by atoms with Crippen LogP contribution in [0.15, 0.2) is 22.7 Å². The van der Waals surface area contributed by atoms with Gasteiger partial charge in [-0.1, -0.05) is 35.8 Å². The summed E-state index contributed by atoms with van der Waals surface area (Å²) < 4.78 is 13.8. The van der Waals surface area contributed by atoms with Gasteiger partial charge in [-0.15, -0.1) is 0 Å². The van der Waals surface area contributed by atoms with E-state index in [9.17, 15) is 4.39 Å². The number of hydrogen-bond donors (Lipinski definition) is 1. The summed E-state index contributed by atoms with van der Waals surface area (Å²) in [6.45, 7) is 7.49. The van der Waals surface area contributed by atoms with Crippen molar-refractivity contribution in [1.29, 1.82) is 0 Å². The number of nitrogens with one attached hydrogen (secondary N) is 1. The van der Waals surface area contributed by atoms with Crippen LogP contribution < -0.4 is 5.32 Å². The van der Waals surface area contributed by atoms with Gasteiger partial charge in [-0.25, -0.2) is 4.39 Å². The van der Waals surface area contributed by atoms with Crippen molar-refractivity contribution in [2.45, 2.75) is 39.2 Å². The van der Waals surface area contributed by atoms with Crippen LogP contribution in [0.5, 0.6) is 0 Å². The molecule has 1 nitrogen and oxygen atoms in total. The van der Waals surface area contributed by atoms with Crippen molar-refractivity contribution in [2.24, 2.45) is 0 Å². The van der Waals surface area contributed by atoms with Gasteiger partial charge in [-0.3, -0.25) is 0 Å². The molecule has 0 aliphatic carbocycles. The van der Waals surface area contributed by atoms with Crippen LogP contribution in [0.3, 0.4) is 0 Å². The predicted molar refractivity (Wildman–Crippen MR) is 70.3 cm³/mol. The Morgan fingerprint density at radius 3 is 2.62 bits per heavy atom. The highest BCUT2D eigenvalue weighted by Crippen LogP contribution is 2.27. The Morgan fingerprint density at radius 1 is 1.38 bits per heavy atom. The molecular weight excluding hydrogens is 269 g/mol. The molecule has 1 aromatic carbocycles. The molecule has 0 aromatic heterocycles. The third-order valence-electron chi connectivity index (χ3n) is 2.92. The summed E-state index contributed by atoms with van der Waals surface area (Å²) in [6, 6.07) is 5.29. The van der Waals surface area contributed by atoms with Crippen LogP contribution in [-0.4, -0.2) is 12.6 Å². The van der Waals surface area contributed by atoms with Gasteiger partial charge in [-0.2, -0.15) is 0 Å². The zero-order chi connectivity index (χ0) is 12.1. The fourth-order valence-corrected chi connectivity index (χ4v) is 2.40. The highest BCUT2D eigenvalue weighted by molar-refractivity contribution is 9.10. The van der Waals surface area contributed by atoms with Gasteiger partial charge in [-0.05, 0) is 43.5 Å².